The number of fused-ring (bicyclic) bond motifs is 2. The van der Waals surface area contributed by atoms with Crippen molar-refractivity contribution in [3.63, 3.8) is 0 Å². The molecule has 0 radical (unpaired) electrons. The highest BCUT2D eigenvalue weighted by atomic mass is 19.4. The molecule has 2 bridgehead atoms. The number of nitrogens with one attached hydrogen (secondary N) is 1. The highest BCUT2D eigenvalue weighted by Gasteiger charge is 2.47. The molecule has 3 atom stereocenters. The van der Waals surface area contributed by atoms with E-state index in [0.29, 0.717) is 12.2 Å². The van der Waals surface area contributed by atoms with Crippen molar-refractivity contribution in [1.82, 2.24) is 19.9 Å². The summed E-state index contributed by atoms with van der Waals surface area (Å²) in [4.78, 5) is 26.9. The van der Waals surface area contributed by atoms with E-state index in [9.17, 15) is 22.4 Å². The van der Waals surface area contributed by atoms with Gasteiger partial charge in [-0.2, -0.15) is 13.2 Å². The summed E-state index contributed by atoms with van der Waals surface area (Å²) in [5.74, 6) is -0.513. The van der Waals surface area contributed by atoms with Crippen molar-refractivity contribution < 1.29 is 22.4 Å². The number of alkyl halides is 3. The molecule has 2 aliphatic rings. The lowest BCUT2D eigenvalue weighted by molar-refractivity contribution is -0.141. The Balaban J connectivity index is 1.38. The first kappa shape index (κ1) is 21.3. The van der Waals surface area contributed by atoms with Crippen molar-refractivity contribution in [2.45, 2.75) is 31.1 Å². The van der Waals surface area contributed by atoms with Crippen LogP contribution in [0.3, 0.4) is 0 Å². The van der Waals surface area contributed by atoms with Crippen LogP contribution in [0.15, 0.2) is 55.0 Å². The number of hydrogen-bond acceptors (Lipinski definition) is 5. The van der Waals surface area contributed by atoms with Gasteiger partial charge < -0.3 is 10.2 Å². The molecule has 10 heteroatoms. The average Bonchev–Trinajstić information content (AvgIpc) is 3.39. The first-order chi connectivity index (χ1) is 15.8. The SMILES string of the molecule is O=C(c1cccc(F)c1-c1ncccn1)N1C[C@@H]2C[C@@H](Nc3ccc(C(F)(F)F)nc3)[C@@H]1C2. The molecule has 3 heterocycles. The van der Waals surface area contributed by atoms with E-state index in [1.807, 2.05) is 0 Å². The number of piperidine rings is 1. The largest absolute Gasteiger partial charge is 0.433 e. The molecule has 170 valence electrons. The minimum absolute atomic E-state index is 0.0577. The molecular formula is C23H19F4N5O. The Labute approximate surface area is 186 Å². The molecule has 5 rings (SSSR count). The summed E-state index contributed by atoms with van der Waals surface area (Å²) < 4.78 is 53.0. The van der Waals surface area contributed by atoms with Gasteiger partial charge in [-0.3, -0.25) is 4.79 Å². The van der Waals surface area contributed by atoms with Gasteiger partial charge in [-0.1, -0.05) is 6.07 Å². The highest BCUT2D eigenvalue weighted by Crippen LogP contribution is 2.41. The van der Waals surface area contributed by atoms with Crippen LogP contribution in [-0.2, 0) is 6.18 Å². The van der Waals surface area contributed by atoms with Gasteiger partial charge in [0.1, 0.15) is 11.5 Å². The summed E-state index contributed by atoms with van der Waals surface area (Å²) in [6.45, 7) is 0.540. The second kappa shape index (κ2) is 8.09. The van der Waals surface area contributed by atoms with E-state index in [0.717, 1.165) is 25.1 Å². The minimum atomic E-state index is -4.50. The maximum absolute atomic E-state index is 14.7. The number of halogens is 4. The average molecular weight is 457 g/mol. The Morgan fingerprint density at radius 1 is 1.03 bits per heavy atom. The van der Waals surface area contributed by atoms with Crippen molar-refractivity contribution in [3.8, 4) is 11.4 Å². The van der Waals surface area contributed by atoms with Gasteiger partial charge in [-0.25, -0.2) is 19.3 Å². The Morgan fingerprint density at radius 3 is 2.48 bits per heavy atom. The molecule has 1 aliphatic carbocycles. The molecule has 2 aromatic heterocycles. The molecule has 1 saturated carbocycles. The minimum Gasteiger partial charge on any atom is -0.379 e. The maximum atomic E-state index is 14.7. The van der Waals surface area contributed by atoms with Crippen LogP contribution in [0.4, 0.5) is 23.2 Å². The van der Waals surface area contributed by atoms with Crippen LogP contribution < -0.4 is 5.32 Å². The van der Waals surface area contributed by atoms with Gasteiger partial charge in [0.2, 0.25) is 0 Å². The fourth-order valence-corrected chi connectivity index (χ4v) is 4.79. The molecule has 1 aromatic carbocycles. The van der Waals surface area contributed by atoms with E-state index >= 15 is 0 Å². The molecule has 1 N–H and O–H groups in total. The number of nitrogens with zero attached hydrogens (tertiary/aromatic N) is 4. The molecule has 6 nitrogen and oxygen atoms in total. The zero-order chi connectivity index (χ0) is 23.2. The van der Waals surface area contributed by atoms with Crippen molar-refractivity contribution in [2.24, 2.45) is 5.92 Å². The third-order valence-corrected chi connectivity index (χ3v) is 6.18. The summed E-state index contributed by atoms with van der Waals surface area (Å²) in [6.07, 6.45) is 1.17. The number of carbonyl (C=O) groups is 1. The van der Waals surface area contributed by atoms with Gasteiger partial charge in [0.15, 0.2) is 5.82 Å². The van der Waals surface area contributed by atoms with E-state index in [1.165, 1.54) is 30.6 Å². The molecule has 33 heavy (non-hydrogen) atoms. The van der Waals surface area contributed by atoms with E-state index in [-0.39, 0.29) is 40.9 Å². The Bertz CT molecular complexity index is 1170. The van der Waals surface area contributed by atoms with Crippen LogP contribution in [0.5, 0.6) is 0 Å². The van der Waals surface area contributed by atoms with Crippen LogP contribution in [0.2, 0.25) is 0 Å². The quantitative estimate of drug-likeness (QED) is 0.588. The third kappa shape index (κ3) is 4.01. The van der Waals surface area contributed by atoms with Crippen molar-refractivity contribution >= 4 is 11.6 Å². The number of aromatic nitrogens is 3. The standard InChI is InChI=1S/C23H19F4N5O/c24-16-4-1-3-15(20(16)21-28-7-2-8-29-21)22(33)32-12-13-9-17(18(32)10-13)31-14-5-6-19(30-11-14)23(25,26)27/h1-8,11,13,17-18,31H,9-10,12H2/t13-,17-,18+/m1/s1. The second-order valence-electron chi connectivity index (χ2n) is 8.28. The maximum Gasteiger partial charge on any atom is 0.433 e. The third-order valence-electron chi connectivity index (χ3n) is 6.18. The number of hydrogen-bond donors (Lipinski definition) is 1. The van der Waals surface area contributed by atoms with Crippen molar-refractivity contribution in [2.75, 3.05) is 11.9 Å². The highest BCUT2D eigenvalue weighted by molar-refractivity contribution is 6.00. The summed E-state index contributed by atoms with van der Waals surface area (Å²) in [5.41, 5.74) is -0.261. The van der Waals surface area contributed by atoms with E-state index < -0.39 is 17.7 Å². The Hall–Kier alpha value is -3.56. The number of pyridine rings is 1. The number of amides is 1. The van der Waals surface area contributed by atoms with Crippen molar-refractivity contribution in [3.05, 3.63) is 72.1 Å². The van der Waals surface area contributed by atoms with E-state index in [4.69, 9.17) is 0 Å². The molecule has 3 aromatic rings. The lowest BCUT2D eigenvalue weighted by Gasteiger charge is -2.34. The molecule has 0 unspecified atom stereocenters. The molecule has 1 amide bonds. The fraction of sp³-hybridized carbons (Fsp3) is 0.304. The molecule has 1 saturated heterocycles. The number of benzene rings is 1. The van der Waals surface area contributed by atoms with Crippen LogP contribution in [0, 0.1) is 11.7 Å². The van der Waals surface area contributed by atoms with Gasteiger partial charge in [0.05, 0.1) is 29.1 Å². The van der Waals surface area contributed by atoms with E-state index in [2.05, 4.69) is 20.3 Å². The van der Waals surface area contributed by atoms with Crippen LogP contribution in [0.1, 0.15) is 28.9 Å². The van der Waals surface area contributed by atoms with Crippen LogP contribution in [-0.4, -0.2) is 44.4 Å². The van der Waals surface area contributed by atoms with Crippen LogP contribution in [0.25, 0.3) is 11.4 Å². The lowest BCUT2D eigenvalue weighted by atomic mass is 10.0. The van der Waals surface area contributed by atoms with E-state index in [1.54, 1.807) is 17.0 Å². The van der Waals surface area contributed by atoms with Gasteiger partial charge in [-0.15, -0.1) is 0 Å². The fourth-order valence-electron chi connectivity index (χ4n) is 4.79. The molecule has 1 aliphatic heterocycles. The predicted octanol–water partition coefficient (Wildman–Crippen LogP) is 4.41. The first-order valence-electron chi connectivity index (χ1n) is 10.5. The number of anilines is 1. The molecule has 2 fully saturated rings. The predicted molar refractivity (Wildman–Crippen MR) is 112 cm³/mol. The first-order valence-corrected chi connectivity index (χ1v) is 10.5. The van der Waals surface area contributed by atoms with Gasteiger partial charge in [0.25, 0.3) is 5.91 Å². The Morgan fingerprint density at radius 2 is 1.82 bits per heavy atom. The van der Waals surface area contributed by atoms with Crippen molar-refractivity contribution in [1.29, 1.82) is 0 Å². The zero-order valence-electron chi connectivity index (χ0n) is 17.3. The summed E-state index contributed by atoms with van der Waals surface area (Å²) in [6, 6.07) is 7.87. The summed E-state index contributed by atoms with van der Waals surface area (Å²) >= 11 is 0. The summed E-state index contributed by atoms with van der Waals surface area (Å²) in [7, 11) is 0. The smallest absolute Gasteiger partial charge is 0.379 e. The Kier molecular flexibility index (Phi) is 5.22. The molecule has 0 spiro atoms. The van der Waals surface area contributed by atoms with Gasteiger partial charge >= 0.3 is 6.18 Å². The number of carbonyl (C=O) groups excluding carboxylic acids is 1. The monoisotopic (exact) mass is 457 g/mol. The second-order valence-corrected chi connectivity index (χ2v) is 8.28. The molecular weight excluding hydrogens is 438 g/mol. The topological polar surface area (TPSA) is 71.0 Å². The zero-order valence-corrected chi connectivity index (χ0v) is 17.3. The summed E-state index contributed by atoms with van der Waals surface area (Å²) in [5, 5.41) is 3.22. The van der Waals surface area contributed by atoms with Gasteiger partial charge in [-0.05, 0) is 49.1 Å². The number of rotatable bonds is 4. The lowest BCUT2D eigenvalue weighted by Crippen LogP contribution is -2.47. The normalized spacial score (nSPS) is 21.9. The van der Waals surface area contributed by atoms with Gasteiger partial charge in [0, 0.05) is 25.0 Å². The van der Waals surface area contributed by atoms with Crippen LogP contribution >= 0.6 is 0 Å². The number of likely N-dealkylation sites (tertiary alicyclic amines) is 1.